The summed E-state index contributed by atoms with van der Waals surface area (Å²) in [6.45, 7) is 15.3. The number of hydrogen-bond donors (Lipinski definition) is 0. The van der Waals surface area contributed by atoms with Crippen LogP contribution >= 0.6 is 11.6 Å². The summed E-state index contributed by atoms with van der Waals surface area (Å²) in [7, 11) is 0. The van der Waals surface area contributed by atoms with Crippen molar-refractivity contribution >= 4 is 33.9 Å². The normalized spacial score (nSPS) is 12.8. The highest BCUT2D eigenvalue weighted by atomic mass is 35.5. The molecule has 0 fully saturated rings. The van der Waals surface area contributed by atoms with Crippen LogP contribution in [0.25, 0.3) is 0 Å². The van der Waals surface area contributed by atoms with Crippen LogP contribution in [-0.4, -0.2) is 10.9 Å². The monoisotopic (exact) mass is 452 g/mol. The van der Waals surface area contributed by atoms with Crippen LogP contribution < -0.4 is 0 Å². The Morgan fingerprint density at radius 1 is 0.750 bits per heavy atom. The molecule has 0 aliphatic heterocycles. The van der Waals surface area contributed by atoms with E-state index < -0.39 is 0 Å². The highest BCUT2D eigenvalue weighted by molar-refractivity contribution is 6.84. The van der Waals surface area contributed by atoms with Crippen LogP contribution in [0, 0.1) is 0 Å². The molecule has 0 aliphatic carbocycles. The van der Waals surface area contributed by atoms with E-state index >= 15 is 0 Å². The Morgan fingerprint density at radius 3 is 1.59 bits per heavy atom. The van der Waals surface area contributed by atoms with Crippen molar-refractivity contribution in [3.05, 3.63) is 58.7 Å². The molecule has 2 aromatic rings. The van der Waals surface area contributed by atoms with E-state index in [4.69, 9.17) is 21.6 Å². The zero-order valence-electron chi connectivity index (χ0n) is 21.1. The molecule has 2 nitrogen and oxygen atoms in total. The summed E-state index contributed by atoms with van der Waals surface area (Å²) in [4.78, 5) is 10.00. The maximum absolute atomic E-state index is 6.81. The van der Waals surface area contributed by atoms with Crippen molar-refractivity contribution in [3.8, 4) is 0 Å². The molecule has 0 radical (unpaired) electrons. The lowest BCUT2D eigenvalue weighted by Gasteiger charge is -2.16. The van der Waals surface area contributed by atoms with Crippen LogP contribution in [0.3, 0.4) is 0 Å². The Bertz CT molecular complexity index is 861. The van der Waals surface area contributed by atoms with Crippen molar-refractivity contribution in [2.24, 2.45) is 9.98 Å². The van der Waals surface area contributed by atoms with Gasteiger partial charge in [0.25, 0.3) is 0 Å². The first-order chi connectivity index (χ1) is 15.3. The molecule has 0 atom stereocenters. The predicted octanol–water partition coefficient (Wildman–Crippen LogP) is 9.68. The van der Waals surface area contributed by atoms with Crippen molar-refractivity contribution in [3.63, 3.8) is 0 Å². The predicted molar refractivity (Wildman–Crippen MR) is 144 cm³/mol. The Morgan fingerprint density at radius 2 is 1.19 bits per heavy atom. The van der Waals surface area contributed by atoms with Crippen molar-refractivity contribution in [2.75, 3.05) is 0 Å². The topological polar surface area (TPSA) is 24.7 Å². The van der Waals surface area contributed by atoms with E-state index in [2.05, 4.69) is 77.9 Å². The first-order valence-corrected chi connectivity index (χ1v) is 12.7. The van der Waals surface area contributed by atoms with Gasteiger partial charge in [-0.1, -0.05) is 102 Å². The maximum Gasteiger partial charge on any atom is 0.150 e. The van der Waals surface area contributed by atoms with Crippen molar-refractivity contribution in [2.45, 2.75) is 98.8 Å². The van der Waals surface area contributed by atoms with Gasteiger partial charge in [-0.3, -0.25) is 0 Å². The van der Waals surface area contributed by atoms with Gasteiger partial charge in [0.15, 0.2) is 5.17 Å². The minimum absolute atomic E-state index is 0.388. The summed E-state index contributed by atoms with van der Waals surface area (Å²) in [5, 5.41) is 0.482. The summed E-state index contributed by atoms with van der Waals surface area (Å²) in [6, 6.07) is 13.1. The van der Waals surface area contributed by atoms with Crippen LogP contribution in [-0.2, 0) is 12.8 Å². The van der Waals surface area contributed by atoms with E-state index in [0.29, 0.717) is 17.0 Å². The number of halogens is 1. The lowest BCUT2D eigenvalue weighted by Crippen LogP contribution is -2.05. The Labute approximate surface area is 201 Å². The van der Waals surface area contributed by atoms with Crippen LogP contribution in [0.2, 0.25) is 0 Å². The molecule has 0 aliphatic rings. The molecule has 0 amide bonds. The summed E-state index contributed by atoms with van der Waals surface area (Å²) >= 11 is 6.81. The molecule has 0 N–H and O–H groups in total. The molecule has 2 aromatic carbocycles. The van der Waals surface area contributed by atoms with E-state index in [-0.39, 0.29) is 0 Å². The molecular weight excluding hydrogens is 412 g/mol. The molecule has 0 saturated carbocycles. The number of para-hydroxylation sites is 2. The number of aryl methyl sites for hydroxylation is 2. The van der Waals surface area contributed by atoms with Gasteiger partial charge in [-0.05, 0) is 66.7 Å². The fourth-order valence-corrected chi connectivity index (χ4v) is 4.08. The van der Waals surface area contributed by atoms with Gasteiger partial charge in [0.05, 0.1) is 17.1 Å². The fraction of sp³-hybridized carbons (Fsp3) is 0.517. The smallest absolute Gasteiger partial charge is 0.150 e. The Kier molecular flexibility index (Phi) is 10.6. The van der Waals surface area contributed by atoms with Gasteiger partial charge in [-0.2, -0.15) is 0 Å². The molecule has 2 rings (SSSR count). The van der Waals surface area contributed by atoms with Crippen molar-refractivity contribution in [1.82, 2.24) is 0 Å². The van der Waals surface area contributed by atoms with Crippen LogP contribution in [0.5, 0.6) is 0 Å². The van der Waals surface area contributed by atoms with E-state index in [1.165, 1.54) is 28.7 Å². The van der Waals surface area contributed by atoms with Gasteiger partial charge in [0, 0.05) is 0 Å². The zero-order chi connectivity index (χ0) is 23.7. The minimum Gasteiger partial charge on any atom is -0.250 e. The molecule has 0 saturated heterocycles. The van der Waals surface area contributed by atoms with Crippen molar-refractivity contribution in [1.29, 1.82) is 0 Å². The Balaban J connectivity index is 2.54. The Hall–Kier alpha value is -1.93. The number of rotatable bonds is 11. The number of unbranched alkanes of at least 4 members (excludes halogenated alkanes) is 2. The average molecular weight is 453 g/mol. The van der Waals surface area contributed by atoms with Gasteiger partial charge >= 0.3 is 0 Å². The number of nitrogens with zero attached hydrogens (tertiary/aromatic N) is 2. The minimum atomic E-state index is 0.388. The highest BCUT2D eigenvalue weighted by Gasteiger charge is 2.15. The van der Waals surface area contributed by atoms with Crippen LogP contribution in [0.4, 0.5) is 11.4 Å². The first kappa shape index (κ1) is 26.3. The first-order valence-electron chi connectivity index (χ1n) is 12.3. The summed E-state index contributed by atoms with van der Waals surface area (Å²) in [6.07, 6.45) is 6.70. The van der Waals surface area contributed by atoms with Gasteiger partial charge in [-0.15, -0.1) is 0 Å². The maximum atomic E-state index is 6.81. The van der Waals surface area contributed by atoms with Gasteiger partial charge in [-0.25, -0.2) is 9.98 Å². The quantitative estimate of drug-likeness (QED) is 0.303. The molecule has 0 heterocycles. The molecule has 0 aromatic heterocycles. The molecule has 174 valence electrons. The van der Waals surface area contributed by atoms with Crippen LogP contribution in [0.15, 0.2) is 46.4 Å². The molecule has 0 spiro atoms. The second kappa shape index (κ2) is 12.9. The van der Waals surface area contributed by atoms with E-state index in [0.717, 1.165) is 49.2 Å². The summed E-state index contributed by atoms with van der Waals surface area (Å²) in [5.74, 6) is 0.792. The number of hydrogen-bond acceptors (Lipinski definition) is 2. The summed E-state index contributed by atoms with van der Waals surface area (Å²) in [5.41, 5.74) is 7.97. The fourth-order valence-electron chi connectivity index (χ4n) is 3.96. The van der Waals surface area contributed by atoms with Gasteiger partial charge in [0.2, 0.25) is 0 Å². The molecule has 0 unspecified atom stereocenters. The van der Waals surface area contributed by atoms with E-state index in [1.54, 1.807) is 0 Å². The molecular formula is C29H41ClN2. The largest absolute Gasteiger partial charge is 0.250 e. The van der Waals surface area contributed by atoms with Gasteiger partial charge in [0.1, 0.15) is 0 Å². The van der Waals surface area contributed by atoms with E-state index in [1.807, 2.05) is 6.92 Å². The van der Waals surface area contributed by atoms with Gasteiger partial charge < -0.3 is 0 Å². The third-order valence-corrected chi connectivity index (χ3v) is 6.29. The number of aliphatic imine (C=N–C) groups is 2. The highest BCUT2D eigenvalue weighted by Crippen LogP contribution is 2.34. The third kappa shape index (κ3) is 7.04. The zero-order valence-corrected chi connectivity index (χ0v) is 21.9. The lowest BCUT2D eigenvalue weighted by atomic mass is 9.95. The van der Waals surface area contributed by atoms with E-state index in [9.17, 15) is 0 Å². The second-order valence-corrected chi connectivity index (χ2v) is 9.68. The molecule has 0 bridgehead atoms. The average Bonchev–Trinajstić information content (AvgIpc) is 2.76. The summed E-state index contributed by atoms with van der Waals surface area (Å²) < 4.78 is 0. The SMILES string of the molecule is CCCCc1cccc(C(C)C)c1N=C(C)C(Cl)=Nc1c(CCCC)cccc1C(C)C. The van der Waals surface area contributed by atoms with Crippen molar-refractivity contribution < 1.29 is 0 Å². The molecule has 32 heavy (non-hydrogen) atoms. The number of benzene rings is 2. The lowest BCUT2D eigenvalue weighted by molar-refractivity contribution is 0.790. The second-order valence-electron chi connectivity index (χ2n) is 9.33. The van der Waals surface area contributed by atoms with Crippen LogP contribution in [0.1, 0.15) is 108 Å². The molecule has 3 heteroatoms. The third-order valence-electron chi connectivity index (χ3n) is 5.93. The standard InChI is InChI=1S/C29H41ClN2/c1-8-10-14-23-16-12-18-25(20(3)4)27(23)31-22(7)29(30)32-28-24(15-11-9-2)17-13-19-26(28)21(5)6/h12-13,16-21H,8-11,14-15H2,1-7H3.